The lowest BCUT2D eigenvalue weighted by atomic mass is 10.2. The van der Waals surface area contributed by atoms with E-state index in [9.17, 15) is 13.2 Å². The molecule has 2 aromatic heterocycles. The van der Waals surface area contributed by atoms with Gasteiger partial charge in [-0.2, -0.15) is 9.57 Å². The lowest BCUT2D eigenvalue weighted by molar-refractivity contribution is -0.113. The number of carbonyl (C=O) groups is 1. The minimum Gasteiger partial charge on any atom is -0.411 e. The number of carbonyl (C=O) groups excluding carboxylic acids is 1. The molecule has 1 N–H and O–H groups in total. The van der Waals surface area contributed by atoms with Gasteiger partial charge in [0.15, 0.2) is 0 Å². The Morgan fingerprint density at radius 1 is 1.28 bits per heavy atom. The van der Waals surface area contributed by atoms with Crippen LogP contribution in [0.25, 0.3) is 11.5 Å². The Labute approximate surface area is 192 Å². The molecule has 1 amide bonds. The Hall–Kier alpha value is -2.76. The van der Waals surface area contributed by atoms with Crippen molar-refractivity contribution in [1.82, 2.24) is 14.5 Å². The van der Waals surface area contributed by atoms with Gasteiger partial charge in [0, 0.05) is 18.7 Å². The molecule has 3 heterocycles. The molecule has 166 valence electrons. The number of sulfonamides is 1. The van der Waals surface area contributed by atoms with E-state index in [2.05, 4.69) is 15.5 Å². The summed E-state index contributed by atoms with van der Waals surface area (Å²) < 4.78 is 37.9. The van der Waals surface area contributed by atoms with Crippen molar-refractivity contribution in [2.75, 3.05) is 37.4 Å². The Balaban J connectivity index is 1.42. The highest BCUT2D eigenvalue weighted by Crippen LogP contribution is 2.27. The molecule has 1 aliphatic rings. The molecule has 0 unspecified atom stereocenters. The number of ether oxygens (including phenoxy) is 1. The van der Waals surface area contributed by atoms with Crippen LogP contribution >= 0.6 is 23.1 Å². The molecule has 0 radical (unpaired) electrons. The number of nitrogens with one attached hydrogen (secondary N) is 1. The average Bonchev–Trinajstić information content (AvgIpc) is 3.48. The summed E-state index contributed by atoms with van der Waals surface area (Å²) in [7, 11) is -3.65. The second-order valence-electron chi connectivity index (χ2n) is 6.53. The van der Waals surface area contributed by atoms with Gasteiger partial charge < -0.3 is 14.5 Å². The summed E-state index contributed by atoms with van der Waals surface area (Å²) in [5, 5.41) is 21.9. The first-order chi connectivity index (χ1) is 15.5. The highest BCUT2D eigenvalue weighted by atomic mass is 32.2. The van der Waals surface area contributed by atoms with Gasteiger partial charge in [0.25, 0.3) is 5.22 Å². The van der Waals surface area contributed by atoms with Gasteiger partial charge in [0.1, 0.15) is 11.1 Å². The largest absolute Gasteiger partial charge is 0.411 e. The van der Waals surface area contributed by atoms with E-state index in [0.29, 0.717) is 42.4 Å². The van der Waals surface area contributed by atoms with Gasteiger partial charge in [-0.1, -0.05) is 17.8 Å². The summed E-state index contributed by atoms with van der Waals surface area (Å²) in [6, 6.07) is 9.93. The first-order valence-electron chi connectivity index (χ1n) is 9.39. The number of hydrogen-bond donors (Lipinski definition) is 1. The Kier molecular flexibility index (Phi) is 6.87. The van der Waals surface area contributed by atoms with E-state index in [1.54, 1.807) is 23.6 Å². The SMILES string of the molecule is N#Cc1ccsc1NC(=O)CSc1nnc(-c2cccc(S(=O)(=O)N3CCOCC3)c2)o1. The molecule has 1 aromatic carbocycles. The highest BCUT2D eigenvalue weighted by Gasteiger charge is 2.27. The molecule has 13 heteroatoms. The van der Waals surface area contributed by atoms with Gasteiger partial charge in [-0.25, -0.2) is 8.42 Å². The number of aromatic nitrogens is 2. The molecule has 32 heavy (non-hydrogen) atoms. The van der Waals surface area contributed by atoms with Crippen molar-refractivity contribution in [2.24, 2.45) is 0 Å². The number of hydrogen-bond acceptors (Lipinski definition) is 10. The van der Waals surface area contributed by atoms with Crippen molar-refractivity contribution in [3.8, 4) is 17.5 Å². The first kappa shape index (κ1) is 22.4. The number of nitrogens with zero attached hydrogens (tertiary/aromatic N) is 4. The Morgan fingerprint density at radius 3 is 2.88 bits per heavy atom. The third kappa shape index (κ3) is 5.00. The minimum atomic E-state index is -3.65. The Bertz CT molecular complexity index is 1260. The number of rotatable bonds is 7. The summed E-state index contributed by atoms with van der Waals surface area (Å²) in [5.74, 6) is -0.153. The molecule has 0 spiro atoms. The normalized spacial score (nSPS) is 14.7. The fourth-order valence-electron chi connectivity index (χ4n) is 2.89. The average molecular weight is 492 g/mol. The molecule has 0 atom stereocenters. The van der Waals surface area contributed by atoms with E-state index < -0.39 is 10.0 Å². The van der Waals surface area contributed by atoms with Crippen LogP contribution in [0.4, 0.5) is 5.00 Å². The summed E-state index contributed by atoms with van der Waals surface area (Å²) in [5.41, 5.74) is 0.862. The summed E-state index contributed by atoms with van der Waals surface area (Å²) in [6.07, 6.45) is 0. The van der Waals surface area contributed by atoms with Crippen molar-refractivity contribution in [2.45, 2.75) is 10.1 Å². The standard InChI is InChI=1S/C19H17N5O5S3/c20-11-14-4-9-30-18(14)21-16(25)12-31-19-23-22-17(29-19)13-2-1-3-15(10-13)32(26,27)24-5-7-28-8-6-24/h1-4,9-10H,5-8,12H2,(H,21,25). The summed E-state index contributed by atoms with van der Waals surface area (Å²) >= 11 is 2.31. The number of morpholine rings is 1. The predicted octanol–water partition coefficient (Wildman–Crippen LogP) is 2.42. The molecule has 3 aromatic rings. The molecule has 0 bridgehead atoms. The van der Waals surface area contributed by atoms with Crippen LogP contribution in [0.2, 0.25) is 0 Å². The molecule has 1 fully saturated rings. The lowest BCUT2D eigenvalue weighted by Gasteiger charge is -2.26. The monoisotopic (exact) mass is 491 g/mol. The molecule has 1 aliphatic heterocycles. The van der Waals surface area contributed by atoms with Gasteiger partial charge in [0.05, 0.1) is 29.4 Å². The van der Waals surface area contributed by atoms with E-state index in [4.69, 9.17) is 14.4 Å². The van der Waals surface area contributed by atoms with E-state index in [0.717, 1.165) is 11.8 Å². The maximum Gasteiger partial charge on any atom is 0.277 e. The van der Waals surface area contributed by atoms with Crippen LogP contribution < -0.4 is 5.32 Å². The van der Waals surface area contributed by atoms with E-state index in [1.807, 2.05) is 6.07 Å². The number of benzene rings is 1. The summed E-state index contributed by atoms with van der Waals surface area (Å²) in [4.78, 5) is 12.3. The maximum atomic E-state index is 12.9. The number of thiophene rings is 1. The zero-order valence-corrected chi connectivity index (χ0v) is 19.0. The fourth-order valence-corrected chi connectivity index (χ4v) is 5.67. The fraction of sp³-hybridized carbons (Fsp3) is 0.263. The first-order valence-corrected chi connectivity index (χ1v) is 12.7. The Morgan fingerprint density at radius 2 is 2.09 bits per heavy atom. The second kappa shape index (κ2) is 9.80. The van der Waals surface area contributed by atoms with Crippen LogP contribution in [0.1, 0.15) is 5.56 Å². The quantitative estimate of drug-likeness (QED) is 0.494. The van der Waals surface area contributed by atoms with Crippen LogP contribution in [0.3, 0.4) is 0 Å². The molecule has 0 saturated carbocycles. The molecule has 0 aliphatic carbocycles. The highest BCUT2D eigenvalue weighted by molar-refractivity contribution is 7.99. The molecular formula is C19H17N5O5S3. The van der Waals surface area contributed by atoms with Gasteiger partial charge in [0.2, 0.25) is 21.8 Å². The zero-order chi connectivity index (χ0) is 22.6. The van der Waals surface area contributed by atoms with Crippen LogP contribution in [-0.4, -0.2) is 60.9 Å². The minimum absolute atomic E-state index is 0.00977. The van der Waals surface area contributed by atoms with Crippen molar-refractivity contribution in [3.05, 3.63) is 41.3 Å². The third-order valence-electron chi connectivity index (χ3n) is 4.46. The summed E-state index contributed by atoms with van der Waals surface area (Å²) in [6.45, 7) is 1.33. The smallest absolute Gasteiger partial charge is 0.277 e. The molecule has 1 saturated heterocycles. The van der Waals surface area contributed by atoms with Crippen molar-refractivity contribution < 1.29 is 22.4 Å². The lowest BCUT2D eigenvalue weighted by Crippen LogP contribution is -2.40. The van der Waals surface area contributed by atoms with Crippen molar-refractivity contribution >= 4 is 44.0 Å². The predicted molar refractivity (Wildman–Crippen MR) is 118 cm³/mol. The molecule has 4 rings (SSSR count). The number of amides is 1. The third-order valence-corrected chi connectivity index (χ3v) is 8.00. The van der Waals surface area contributed by atoms with Gasteiger partial charge in [-0.15, -0.1) is 21.5 Å². The van der Waals surface area contributed by atoms with Gasteiger partial charge in [-0.05, 0) is 29.6 Å². The van der Waals surface area contributed by atoms with Crippen molar-refractivity contribution in [3.63, 3.8) is 0 Å². The number of anilines is 1. The van der Waals surface area contributed by atoms with Crippen molar-refractivity contribution in [1.29, 1.82) is 5.26 Å². The number of thioether (sulfide) groups is 1. The van der Waals surface area contributed by atoms with Crippen LogP contribution in [-0.2, 0) is 19.6 Å². The second-order valence-corrected chi connectivity index (χ2v) is 10.3. The van der Waals surface area contributed by atoms with E-state index >= 15 is 0 Å². The molecular weight excluding hydrogens is 474 g/mol. The zero-order valence-electron chi connectivity index (χ0n) is 16.6. The van der Waals surface area contributed by atoms with Gasteiger partial charge >= 0.3 is 0 Å². The van der Waals surface area contributed by atoms with Crippen LogP contribution in [0.15, 0.2) is 50.2 Å². The number of nitriles is 1. The van der Waals surface area contributed by atoms with E-state index in [-0.39, 0.29) is 27.7 Å². The van der Waals surface area contributed by atoms with E-state index in [1.165, 1.54) is 27.8 Å². The molecule has 10 nitrogen and oxygen atoms in total. The van der Waals surface area contributed by atoms with Crippen LogP contribution in [0, 0.1) is 11.3 Å². The van der Waals surface area contributed by atoms with Gasteiger partial charge in [-0.3, -0.25) is 4.79 Å². The maximum absolute atomic E-state index is 12.9. The van der Waals surface area contributed by atoms with Crippen LogP contribution in [0.5, 0.6) is 0 Å². The topological polar surface area (TPSA) is 138 Å².